The van der Waals surface area contributed by atoms with Crippen molar-refractivity contribution >= 4 is 0 Å². The van der Waals surface area contributed by atoms with Crippen LogP contribution in [-0.4, -0.2) is 25.0 Å². The lowest BCUT2D eigenvalue weighted by molar-refractivity contribution is 0.0148. The molecule has 14 heavy (non-hydrogen) atoms. The van der Waals surface area contributed by atoms with Crippen LogP contribution >= 0.6 is 0 Å². The van der Waals surface area contributed by atoms with E-state index in [4.69, 9.17) is 5.26 Å². The second-order valence-corrected chi connectivity index (χ2v) is 4.54. The van der Waals surface area contributed by atoms with Gasteiger partial charge in [-0.05, 0) is 51.2 Å². The van der Waals surface area contributed by atoms with E-state index in [9.17, 15) is 0 Å². The van der Waals surface area contributed by atoms with Crippen LogP contribution < -0.4 is 0 Å². The van der Waals surface area contributed by atoms with Crippen molar-refractivity contribution in [2.45, 2.75) is 39.5 Å². The molecule has 2 fully saturated rings. The van der Waals surface area contributed by atoms with Crippen LogP contribution in [0.2, 0.25) is 0 Å². The zero-order chi connectivity index (χ0) is 10.6. The van der Waals surface area contributed by atoms with E-state index in [-0.39, 0.29) is 0 Å². The van der Waals surface area contributed by atoms with Gasteiger partial charge in [-0.3, -0.25) is 0 Å². The lowest BCUT2D eigenvalue weighted by atomic mass is 9.58. The van der Waals surface area contributed by atoms with Gasteiger partial charge in [0.2, 0.25) is 0 Å². The van der Waals surface area contributed by atoms with Gasteiger partial charge >= 0.3 is 0 Å². The van der Waals surface area contributed by atoms with Crippen molar-refractivity contribution in [2.24, 2.45) is 11.3 Å². The fraction of sp³-hybridized carbons (Fsp3) is 0.917. The molecule has 2 rings (SSSR count). The van der Waals surface area contributed by atoms with Gasteiger partial charge in [0.25, 0.3) is 0 Å². The average molecular weight is 194 g/mol. The summed E-state index contributed by atoms with van der Waals surface area (Å²) in [6.45, 7) is 6.47. The zero-order valence-electron chi connectivity index (χ0n) is 9.71. The second kappa shape index (κ2) is 4.79. The highest BCUT2D eigenvalue weighted by Crippen LogP contribution is 2.51. The van der Waals surface area contributed by atoms with Crippen molar-refractivity contribution in [3.05, 3.63) is 0 Å². The largest absolute Gasteiger partial charge is 0.306 e. The minimum atomic E-state index is 0.383. The summed E-state index contributed by atoms with van der Waals surface area (Å²) in [4.78, 5) is 2.39. The Balaban J connectivity index is 0.000000461. The molecule has 1 saturated heterocycles. The highest BCUT2D eigenvalue weighted by molar-refractivity contribution is 5.04. The third-order valence-corrected chi connectivity index (χ3v) is 3.59. The van der Waals surface area contributed by atoms with Crippen LogP contribution in [0.15, 0.2) is 0 Å². The van der Waals surface area contributed by atoms with E-state index in [1.54, 1.807) is 0 Å². The van der Waals surface area contributed by atoms with Gasteiger partial charge in [0.1, 0.15) is 0 Å². The Labute approximate surface area is 87.9 Å². The van der Waals surface area contributed by atoms with Crippen LogP contribution in [0.25, 0.3) is 0 Å². The molecule has 0 amide bonds. The average Bonchev–Trinajstić information content (AvgIpc) is 2.19. The molecule has 0 unspecified atom stereocenters. The molecule has 1 heterocycles. The molecule has 0 aromatic heterocycles. The first-order valence-electron chi connectivity index (χ1n) is 5.82. The monoisotopic (exact) mass is 194 g/mol. The summed E-state index contributed by atoms with van der Waals surface area (Å²) < 4.78 is 0. The molecule has 80 valence electrons. The fourth-order valence-electron chi connectivity index (χ4n) is 2.58. The maximum absolute atomic E-state index is 8.69. The zero-order valence-corrected chi connectivity index (χ0v) is 9.71. The molecule has 0 aromatic carbocycles. The van der Waals surface area contributed by atoms with Gasteiger partial charge in [-0.1, -0.05) is 13.8 Å². The molecule has 0 aromatic rings. The summed E-state index contributed by atoms with van der Waals surface area (Å²) >= 11 is 0. The Morgan fingerprint density at radius 1 is 1.21 bits per heavy atom. The number of nitriles is 1. The molecule has 0 radical (unpaired) electrons. The number of piperidine rings is 1. The van der Waals surface area contributed by atoms with Gasteiger partial charge in [0.05, 0.1) is 6.07 Å². The van der Waals surface area contributed by atoms with E-state index in [1.165, 1.54) is 38.8 Å². The van der Waals surface area contributed by atoms with Crippen LogP contribution in [0, 0.1) is 22.7 Å². The standard InChI is InChI=1S/C10H16N2.C2H6/c1-12-4-2-10(3-5-12)6-9(7-10)8-11;1-2/h9H,2-7H2,1H3;1-2H3. The Hall–Kier alpha value is -0.550. The van der Waals surface area contributed by atoms with Crippen LogP contribution in [-0.2, 0) is 0 Å². The molecule has 1 aliphatic carbocycles. The Morgan fingerprint density at radius 3 is 2.14 bits per heavy atom. The van der Waals surface area contributed by atoms with Crippen molar-refractivity contribution in [1.82, 2.24) is 4.90 Å². The SMILES string of the molecule is CC.CN1CCC2(CC1)CC(C#N)C2. The summed E-state index contributed by atoms with van der Waals surface area (Å²) in [7, 11) is 2.19. The second-order valence-electron chi connectivity index (χ2n) is 4.54. The quantitative estimate of drug-likeness (QED) is 0.593. The Bertz CT molecular complexity index is 201. The predicted octanol–water partition coefficient (Wildman–Crippen LogP) is 2.66. The van der Waals surface area contributed by atoms with Gasteiger partial charge in [-0.15, -0.1) is 0 Å². The fourth-order valence-corrected chi connectivity index (χ4v) is 2.58. The Morgan fingerprint density at radius 2 is 1.71 bits per heavy atom. The third kappa shape index (κ3) is 2.27. The minimum absolute atomic E-state index is 0.383. The summed E-state index contributed by atoms with van der Waals surface area (Å²) in [6, 6.07) is 2.37. The summed E-state index contributed by atoms with van der Waals surface area (Å²) in [5.74, 6) is 0.383. The smallest absolute Gasteiger partial charge is 0.0656 e. The van der Waals surface area contributed by atoms with Crippen molar-refractivity contribution in [2.75, 3.05) is 20.1 Å². The van der Waals surface area contributed by atoms with E-state index < -0.39 is 0 Å². The topological polar surface area (TPSA) is 27.0 Å². The van der Waals surface area contributed by atoms with E-state index in [0.717, 1.165) is 0 Å². The number of nitrogens with zero attached hydrogens (tertiary/aromatic N) is 2. The molecule has 2 heteroatoms. The predicted molar refractivity (Wildman–Crippen MR) is 58.8 cm³/mol. The molecule has 1 saturated carbocycles. The van der Waals surface area contributed by atoms with Crippen molar-refractivity contribution < 1.29 is 0 Å². The van der Waals surface area contributed by atoms with E-state index >= 15 is 0 Å². The molecule has 0 atom stereocenters. The van der Waals surface area contributed by atoms with Crippen molar-refractivity contribution in [1.29, 1.82) is 5.26 Å². The van der Waals surface area contributed by atoms with E-state index in [2.05, 4.69) is 18.0 Å². The summed E-state index contributed by atoms with van der Waals surface area (Å²) in [5, 5.41) is 8.69. The number of likely N-dealkylation sites (tertiary alicyclic amines) is 1. The van der Waals surface area contributed by atoms with Crippen molar-refractivity contribution in [3.8, 4) is 6.07 Å². The number of hydrogen-bond donors (Lipinski definition) is 0. The lowest BCUT2D eigenvalue weighted by Crippen LogP contribution is -2.45. The summed E-state index contributed by atoms with van der Waals surface area (Å²) in [6.07, 6.45) is 5.00. The molecular formula is C12H22N2. The minimum Gasteiger partial charge on any atom is -0.306 e. The first kappa shape index (κ1) is 11.5. The lowest BCUT2D eigenvalue weighted by Gasteiger charge is -2.49. The molecule has 2 aliphatic rings. The van der Waals surface area contributed by atoms with E-state index in [1.807, 2.05) is 13.8 Å². The van der Waals surface area contributed by atoms with Gasteiger partial charge in [-0.25, -0.2) is 0 Å². The van der Waals surface area contributed by atoms with Crippen LogP contribution in [0.5, 0.6) is 0 Å². The summed E-state index contributed by atoms with van der Waals surface area (Å²) in [5.41, 5.74) is 0.590. The van der Waals surface area contributed by atoms with Crippen LogP contribution in [0.1, 0.15) is 39.5 Å². The van der Waals surface area contributed by atoms with Gasteiger partial charge in [-0.2, -0.15) is 5.26 Å². The molecule has 1 aliphatic heterocycles. The van der Waals surface area contributed by atoms with Gasteiger partial charge in [0.15, 0.2) is 0 Å². The first-order chi connectivity index (χ1) is 6.74. The van der Waals surface area contributed by atoms with E-state index in [0.29, 0.717) is 11.3 Å². The first-order valence-corrected chi connectivity index (χ1v) is 5.82. The van der Waals surface area contributed by atoms with Gasteiger partial charge < -0.3 is 4.90 Å². The molecule has 1 spiro atoms. The molecular weight excluding hydrogens is 172 g/mol. The normalized spacial score (nSPS) is 25.9. The highest BCUT2D eigenvalue weighted by atomic mass is 15.1. The number of hydrogen-bond acceptors (Lipinski definition) is 2. The molecule has 2 nitrogen and oxygen atoms in total. The third-order valence-electron chi connectivity index (χ3n) is 3.59. The van der Waals surface area contributed by atoms with Gasteiger partial charge in [0, 0.05) is 5.92 Å². The van der Waals surface area contributed by atoms with Crippen LogP contribution in [0.4, 0.5) is 0 Å². The number of rotatable bonds is 0. The molecule has 0 bridgehead atoms. The Kier molecular flexibility index (Phi) is 3.95. The van der Waals surface area contributed by atoms with Crippen LogP contribution in [0.3, 0.4) is 0 Å². The molecule has 0 N–H and O–H groups in total. The maximum atomic E-state index is 8.69. The maximum Gasteiger partial charge on any atom is 0.0656 e. The van der Waals surface area contributed by atoms with Crippen molar-refractivity contribution in [3.63, 3.8) is 0 Å². The highest BCUT2D eigenvalue weighted by Gasteiger charge is 2.45.